The summed E-state index contributed by atoms with van der Waals surface area (Å²) >= 11 is 0. The summed E-state index contributed by atoms with van der Waals surface area (Å²) < 4.78 is 23.5. The van der Waals surface area contributed by atoms with Crippen LogP contribution in [-0.4, -0.2) is 56.0 Å². The minimum atomic E-state index is -2.99. The molecule has 0 spiro atoms. The third-order valence-electron chi connectivity index (χ3n) is 3.59. The Kier molecular flexibility index (Phi) is 5.62. The maximum atomic E-state index is 12.1. The van der Waals surface area contributed by atoms with E-state index >= 15 is 0 Å². The van der Waals surface area contributed by atoms with Gasteiger partial charge in [-0.25, -0.2) is 8.42 Å². The highest BCUT2D eigenvalue weighted by Gasteiger charge is 2.29. The van der Waals surface area contributed by atoms with Crippen molar-refractivity contribution >= 4 is 9.84 Å². The van der Waals surface area contributed by atoms with Gasteiger partial charge in [0.15, 0.2) is 9.84 Å². The van der Waals surface area contributed by atoms with Crippen LogP contribution in [0.5, 0.6) is 0 Å². The number of hydrogen-bond donors (Lipinski definition) is 1. The molecular weight excluding hydrogens is 248 g/mol. The number of nitrogens with zero attached hydrogens (tertiary/aromatic N) is 1. The molecule has 4 nitrogen and oxygen atoms in total. The third kappa shape index (κ3) is 4.52. The van der Waals surface area contributed by atoms with Crippen molar-refractivity contribution in [2.75, 3.05) is 31.9 Å². The van der Waals surface area contributed by atoms with Crippen molar-refractivity contribution in [3.8, 4) is 0 Å². The molecule has 0 aromatic heterocycles. The van der Waals surface area contributed by atoms with Gasteiger partial charge < -0.3 is 5.32 Å². The van der Waals surface area contributed by atoms with Crippen LogP contribution in [0.15, 0.2) is 0 Å². The van der Waals surface area contributed by atoms with Crippen molar-refractivity contribution < 1.29 is 8.42 Å². The Morgan fingerprint density at radius 2 is 2.00 bits per heavy atom. The monoisotopic (exact) mass is 276 g/mol. The second kappa shape index (κ2) is 6.35. The van der Waals surface area contributed by atoms with Crippen LogP contribution in [0.3, 0.4) is 0 Å². The van der Waals surface area contributed by atoms with Crippen molar-refractivity contribution in [2.24, 2.45) is 0 Å². The minimum Gasteiger partial charge on any atom is -0.311 e. The first-order chi connectivity index (χ1) is 8.26. The molecule has 0 radical (unpaired) electrons. The van der Waals surface area contributed by atoms with Crippen molar-refractivity contribution in [1.82, 2.24) is 10.2 Å². The fourth-order valence-electron chi connectivity index (χ4n) is 2.19. The molecule has 1 aliphatic heterocycles. The molecule has 0 aromatic rings. The summed E-state index contributed by atoms with van der Waals surface area (Å²) in [7, 11) is -2.99. The molecule has 18 heavy (non-hydrogen) atoms. The van der Waals surface area contributed by atoms with Crippen molar-refractivity contribution in [2.45, 2.75) is 51.3 Å². The molecule has 1 aliphatic rings. The zero-order chi connectivity index (χ0) is 13.8. The highest BCUT2D eigenvalue weighted by Crippen LogP contribution is 2.16. The van der Waals surface area contributed by atoms with Crippen LogP contribution in [-0.2, 0) is 9.84 Å². The van der Waals surface area contributed by atoms with E-state index in [0.29, 0.717) is 12.6 Å². The average Bonchev–Trinajstić information content (AvgIpc) is 2.26. The van der Waals surface area contributed by atoms with Crippen molar-refractivity contribution in [1.29, 1.82) is 0 Å². The molecule has 5 heteroatoms. The Hall–Kier alpha value is -0.130. The average molecular weight is 276 g/mol. The van der Waals surface area contributed by atoms with E-state index < -0.39 is 14.6 Å². The molecule has 1 N–H and O–H groups in total. The fraction of sp³-hybridized carbons (Fsp3) is 1.00. The first kappa shape index (κ1) is 15.9. The van der Waals surface area contributed by atoms with Crippen LogP contribution in [0.1, 0.15) is 40.5 Å². The van der Waals surface area contributed by atoms with Crippen LogP contribution >= 0.6 is 0 Å². The summed E-state index contributed by atoms with van der Waals surface area (Å²) in [5, 5.41) is 3.49. The molecule has 1 unspecified atom stereocenters. The Morgan fingerprint density at radius 3 is 2.56 bits per heavy atom. The summed E-state index contributed by atoms with van der Waals surface area (Å²) in [5.41, 5.74) is 0. The predicted molar refractivity (Wildman–Crippen MR) is 76.7 cm³/mol. The lowest BCUT2D eigenvalue weighted by Crippen LogP contribution is -2.52. The molecule has 0 saturated carbocycles. The normalized spacial score (nSPS) is 23.2. The predicted octanol–water partition coefficient (Wildman–Crippen LogP) is 1.27. The molecule has 108 valence electrons. The van der Waals surface area contributed by atoms with Gasteiger partial charge in [-0.15, -0.1) is 0 Å². The van der Waals surface area contributed by atoms with E-state index in [1.807, 2.05) is 0 Å². The molecule has 1 fully saturated rings. The Morgan fingerprint density at radius 1 is 1.33 bits per heavy atom. The van der Waals surface area contributed by atoms with Crippen molar-refractivity contribution in [3.63, 3.8) is 0 Å². The van der Waals surface area contributed by atoms with E-state index in [9.17, 15) is 8.42 Å². The van der Waals surface area contributed by atoms with Gasteiger partial charge in [-0.05, 0) is 27.2 Å². The van der Waals surface area contributed by atoms with Gasteiger partial charge in [-0.1, -0.05) is 13.3 Å². The van der Waals surface area contributed by atoms with E-state index in [1.54, 1.807) is 20.8 Å². The number of sulfone groups is 1. The molecular formula is C13H28N2O2S. The molecule has 0 aliphatic carbocycles. The first-order valence-corrected chi connectivity index (χ1v) is 8.59. The number of piperazine rings is 1. The maximum Gasteiger partial charge on any atom is 0.156 e. The second-order valence-corrected chi connectivity index (χ2v) is 9.03. The number of hydrogen-bond acceptors (Lipinski definition) is 4. The van der Waals surface area contributed by atoms with Gasteiger partial charge in [0.2, 0.25) is 0 Å². The van der Waals surface area contributed by atoms with Gasteiger partial charge in [0.1, 0.15) is 0 Å². The van der Waals surface area contributed by atoms with E-state index in [1.165, 1.54) is 12.8 Å². The van der Waals surface area contributed by atoms with Crippen LogP contribution in [0.2, 0.25) is 0 Å². The van der Waals surface area contributed by atoms with Gasteiger partial charge in [-0.3, -0.25) is 4.90 Å². The van der Waals surface area contributed by atoms with E-state index in [2.05, 4.69) is 17.1 Å². The van der Waals surface area contributed by atoms with Crippen LogP contribution in [0.4, 0.5) is 0 Å². The van der Waals surface area contributed by atoms with Gasteiger partial charge >= 0.3 is 0 Å². The van der Waals surface area contributed by atoms with Gasteiger partial charge in [0, 0.05) is 32.2 Å². The number of rotatable bonds is 5. The topological polar surface area (TPSA) is 49.4 Å². The Bertz CT molecular complexity index is 344. The Balaban J connectivity index is 2.44. The molecule has 0 aromatic carbocycles. The minimum absolute atomic E-state index is 0.273. The lowest BCUT2D eigenvalue weighted by Gasteiger charge is -2.34. The largest absolute Gasteiger partial charge is 0.311 e. The molecule has 1 atom stereocenters. The van der Waals surface area contributed by atoms with E-state index in [4.69, 9.17) is 0 Å². The summed E-state index contributed by atoms with van der Waals surface area (Å²) in [6.07, 6.45) is 2.34. The summed E-state index contributed by atoms with van der Waals surface area (Å²) in [6.45, 7) is 11.1. The zero-order valence-corrected chi connectivity index (χ0v) is 13.0. The highest BCUT2D eigenvalue weighted by atomic mass is 32.2. The smallest absolute Gasteiger partial charge is 0.156 e. The van der Waals surface area contributed by atoms with E-state index in [0.717, 1.165) is 19.6 Å². The number of nitrogens with one attached hydrogen (secondary N) is 1. The summed E-state index contributed by atoms with van der Waals surface area (Å²) in [5.74, 6) is 0.273. The quantitative estimate of drug-likeness (QED) is 0.822. The summed E-state index contributed by atoms with van der Waals surface area (Å²) in [4.78, 5) is 2.28. The standard InChI is InChI=1S/C13H28N2O2S/c1-5-6-12-11-15(8-7-14-12)9-10-18(16,17)13(2,3)4/h12,14H,5-11H2,1-4H3. The molecule has 1 heterocycles. The lowest BCUT2D eigenvalue weighted by molar-refractivity contribution is 0.203. The molecule has 0 bridgehead atoms. The SMILES string of the molecule is CCCC1CN(CCS(=O)(=O)C(C)(C)C)CCN1. The van der Waals surface area contributed by atoms with Crippen molar-refractivity contribution in [3.05, 3.63) is 0 Å². The van der Waals surface area contributed by atoms with Gasteiger partial charge in [0.25, 0.3) is 0 Å². The molecule has 1 rings (SSSR count). The molecule has 1 saturated heterocycles. The van der Waals surface area contributed by atoms with Gasteiger partial charge in [0.05, 0.1) is 10.5 Å². The van der Waals surface area contributed by atoms with Crippen LogP contribution in [0.25, 0.3) is 0 Å². The van der Waals surface area contributed by atoms with E-state index in [-0.39, 0.29) is 5.75 Å². The molecule has 0 amide bonds. The van der Waals surface area contributed by atoms with Crippen LogP contribution in [0, 0.1) is 0 Å². The maximum absolute atomic E-state index is 12.1. The lowest BCUT2D eigenvalue weighted by atomic mass is 10.1. The Labute approximate surface area is 112 Å². The zero-order valence-electron chi connectivity index (χ0n) is 12.2. The fourth-order valence-corrected chi connectivity index (χ4v) is 3.31. The third-order valence-corrected chi connectivity index (χ3v) is 6.17. The van der Waals surface area contributed by atoms with Gasteiger partial charge in [-0.2, -0.15) is 0 Å². The second-order valence-electron chi connectivity index (χ2n) is 6.17. The highest BCUT2D eigenvalue weighted by molar-refractivity contribution is 7.92. The van der Waals surface area contributed by atoms with Crippen LogP contribution < -0.4 is 5.32 Å². The first-order valence-electron chi connectivity index (χ1n) is 6.94. The summed E-state index contributed by atoms with van der Waals surface area (Å²) in [6, 6.07) is 0.529.